The van der Waals surface area contributed by atoms with Crippen molar-refractivity contribution in [3.8, 4) is 0 Å². The summed E-state index contributed by atoms with van der Waals surface area (Å²) >= 11 is 0. The van der Waals surface area contributed by atoms with E-state index in [9.17, 15) is 14.7 Å². The van der Waals surface area contributed by atoms with Gasteiger partial charge in [0.1, 0.15) is 11.7 Å². The van der Waals surface area contributed by atoms with E-state index in [0.717, 1.165) is 0 Å². The van der Waals surface area contributed by atoms with Crippen LogP contribution >= 0.6 is 0 Å². The van der Waals surface area contributed by atoms with Crippen LogP contribution in [0.4, 0.5) is 4.79 Å². The van der Waals surface area contributed by atoms with Crippen LogP contribution in [-0.4, -0.2) is 46.8 Å². The second-order valence-electron chi connectivity index (χ2n) is 7.74. The Hall–Kier alpha value is -1.34. The molecule has 7 nitrogen and oxygen atoms in total. The Bertz CT molecular complexity index is 440. The third-order valence-corrected chi connectivity index (χ3v) is 3.20. The lowest BCUT2D eigenvalue weighted by Crippen LogP contribution is -2.51. The van der Waals surface area contributed by atoms with E-state index < -0.39 is 41.7 Å². The lowest BCUT2D eigenvalue weighted by atomic mass is 9.96. The number of carboxylic acid groups (broad SMARTS) is 1. The molecule has 0 radical (unpaired) electrons. The quantitative estimate of drug-likeness (QED) is 0.804. The number of ether oxygens (including phenoxy) is 3. The van der Waals surface area contributed by atoms with Gasteiger partial charge in [0, 0.05) is 0 Å². The van der Waals surface area contributed by atoms with Crippen LogP contribution in [0.5, 0.6) is 0 Å². The lowest BCUT2D eigenvalue weighted by molar-refractivity contribution is -0.166. The maximum absolute atomic E-state index is 12.1. The molecule has 1 fully saturated rings. The summed E-state index contributed by atoms with van der Waals surface area (Å²) in [5, 5.41) is 12.1. The van der Waals surface area contributed by atoms with Crippen molar-refractivity contribution in [3.05, 3.63) is 0 Å². The Morgan fingerprint density at radius 1 is 1.26 bits per heavy atom. The number of alkyl carbamates (subject to hydrolysis) is 1. The van der Waals surface area contributed by atoms with E-state index in [1.165, 1.54) is 0 Å². The minimum atomic E-state index is -1.14. The number of hydrogen-bond donors (Lipinski definition) is 2. The number of amides is 1. The number of aliphatic carboxylic acids is 1. The number of carbonyl (C=O) groups is 2. The molecule has 1 heterocycles. The SMILES string of the molecule is CC(C)C[C@H](NC(=O)OC(C)(C)C)[C@@H]1OC(C)(C)O[C@@H]1C(=O)O. The molecule has 1 aliphatic heterocycles. The summed E-state index contributed by atoms with van der Waals surface area (Å²) < 4.78 is 16.5. The lowest BCUT2D eigenvalue weighted by Gasteiger charge is -2.29. The van der Waals surface area contributed by atoms with Crippen molar-refractivity contribution < 1.29 is 28.9 Å². The molecule has 0 bridgehead atoms. The fraction of sp³-hybridized carbons (Fsp3) is 0.875. The first-order valence-corrected chi connectivity index (χ1v) is 7.88. The normalized spacial score (nSPS) is 25.2. The third-order valence-electron chi connectivity index (χ3n) is 3.20. The van der Waals surface area contributed by atoms with Crippen molar-refractivity contribution in [3.63, 3.8) is 0 Å². The molecule has 0 saturated carbocycles. The van der Waals surface area contributed by atoms with Gasteiger partial charge >= 0.3 is 12.1 Å². The van der Waals surface area contributed by atoms with Gasteiger partial charge < -0.3 is 24.6 Å². The molecule has 0 aromatic rings. The molecule has 0 aliphatic carbocycles. The molecule has 23 heavy (non-hydrogen) atoms. The molecular formula is C16H29NO6. The maximum Gasteiger partial charge on any atom is 0.407 e. The van der Waals surface area contributed by atoms with Gasteiger partial charge in [-0.2, -0.15) is 0 Å². The monoisotopic (exact) mass is 331 g/mol. The maximum atomic E-state index is 12.1. The first kappa shape index (κ1) is 19.7. The van der Waals surface area contributed by atoms with Gasteiger partial charge in [-0.3, -0.25) is 0 Å². The van der Waals surface area contributed by atoms with E-state index in [-0.39, 0.29) is 5.92 Å². The smallest absolute Gasteiger partial charge is 0.407 e. The molecule has 1 amide bonds. The standard InChI is InChI=1S/C16H29NO6/c1-9(2)8-10(17-14(20)23-15(3,4)5)11-12(13(18)19)22-16(6,7)21-11/h9-12H,8H2,1-7H3,(H,17,20)(H,18,19)/t10-,11-,12-/m0/s1. The molecule has 1 saturated heterocycles. The average molecular weight is 331 g/mol. The summed E-state index contributed by atoms with van der Waals surface area (Å²) in [5.41, 5.74) is -0.634. The highest BCUT2D eigenvalue weighted by atomic mass is 16.8. The number of carbonyl (C=O) groups excluding carboxylic acids is 1. The highest BCUT2D eigenvalue weighted by molar-refractivity contribution is 5.74. The summed E-state index contributed by atoms with van der Waals surface area (Å²) in [5.74, 6) is -1.89. The number of rotatable bonds is 5. The molecule has 0 spiro atoms. The molecule has 1 rings (SSSR count). The van der Waals surface area contributed by atoms with Crippen LogP contribution in [0.2, 0.25) is 0 Å². The molecule has 0 aromatic carbocycles. The zero-order valence-corrected chi connectivity index (χ0v) is 15.0. The van der Waals surface area contributed by atoms with E-state index in [4.69, 9.17) is 14.2 Å². The second kappa shape index (κ2) is 7.05. The highest BCUT2D eigenvalue weighted by Crippen LogP contribution is 2.32. The van der Waals surface area contributed by atoms with Crippen LogP contribution in [0.3, 0.4) is 0 Å². The van der Waals surface area contributed by atoms with Crippen LogP contribution in [0.1, 0.15) is 54.9 Å². The van der Waals surface area contributed by atoms with Crippen molar-refractivity contribution >= 4 is 12.1 Å². The van der Waals surface area contributed by atoms with Crippen LogP contribution in [0.25, 0.3) is 0 Å². The highest BCUT2D eigenvalue weighted by Gasteiger charge is 2.49. The van der Waals surface area contributed by atoms with Gasteiger partial charge in [-0.05, 0) is 47.0 Å². The molecule has 1 aliphatic rings. The molecule has 3 atom stereocenters. The van der Waals surface area contributed by atoms with Crippen LogP contribution in [0.15, 0.2) is 0 Å². The first-order chi connectivity index (χ1) is 10.3. The predicted molar refractivity (Wildman–Crippen MR) is 84.1 cm³/mol. The van der Waals surface area contributed by atoms with E-state index in [2.05, 4.69) is 5.32 Å². The molecule has 0 unspecified atom stereocenters. The van der Waals surface area contributed by atoms with Gasteiger partial charge in [0.05, 0.1) is 6.04 Å². The number of carboxylic acids is 1. The Balaban J connectivity index is 2.92. The molecule has 2 N–H and O–H groups in total. The van der Waals surface area contributed by atoms with E-state index in [1.54, 1.807) is 34.6 Å². The molecule has 7 heteroatoms. The van der Waals surface area contributed by atoms with Gasteiger partial charge in [0.15, 0.2) is 11.9 Å². The van der Waals surface area contributed by atoms with Crippen molar-refractivity contribution in [1.29, 1.82) is 0 Å². The van der Waals surface area contributed by atoms with Crippen LogP contribution in [-0.2, 0) is 19.0 Å². The average Bonchev–Trinajstić information content (AvgIpc) is 2.61. The summed E-state index contributed by atoms with van der Waals surface area (Å²) in [6.07, 6.45) is -1.96. The predicted octanol–water partition coefficient (Wildman–Crippen LogP) is 2.53. The van der Waals surface area contributed by atoms with E-state index in [0.29, 0.717) is 6.42 Å². The second-order valence-corrected chi connectivity index (χ2v) is 7.74. The summed E-state index contributed by atoms with van der Waals surface area (Å²) in [4.78, 5) is 23.5. The van der Waals surface area contributed by atoms with Crippen molar-refractivity contribution in [2.45, 2.75) is 84.5 Å². The topological polar surface area (TPSA) is 94.1 Å². The fourth-order valence-electron chi connectivity index (χ4n) is 2.52. The molecule has 0 aromatic heterocycles. The van der Waals surface area contributed by atoms with Gasteiger partial charge in [-0.15, -0.1) is 0 Å². The fourth-order valence-corrected chi connectivity index (χ4v) is 2.52. The van der Waals surface area contributed by atoms with Crippen molar-refractivity contribution in [2.75, 3.05) is 0 Å². The Morgan fingerprint density at radius 3 is 2.26 bits per heavy atom. The summed E-state index contributed by atoms with van der Waals surface area (Å²) in [6.45, 7) is 12.6. The van der Waals surface area contributed by atoms with Crippen molar-refractivity contribution in [1.82, 2.24) is 5.32 Å². The minimum Gasteiger partial charge on any atom is -0.479 e. The molecular weight excluding hydrogens is 302 g/mol. The van der Waals surface area contributed by atoms with Gasteiger partial charge in [0.25, 0.3) is 0 Å². The van der Waals surface area contributed by atoms with Crippen LogP contribution < -0.4 is 5.32 Å². The molecule has 134 valence electrons. The summed E-state index contributed by atoms with van der Waals surface area (Å²) in [7, 11) is 0. The van der Waals surface area contributed by atoms with E-state index in [1.807, 2.05) is 13.8 Å². The van der Waals surface area contributed by atoms with Crippen molar-refractivity contribution in [2.24, 2.45) is 5.92 Å². The van der Waals surface area contributed by atoms with Gasteiger partial charge in [0.2, 0.25) is 0 Å². The van der Waals surface area contributed by atoms with Crippen LogP contribution in [0, 0.1) is 5.92 Å². The first-order valence-electron chi connectivity index (χ1n) is 7.88. The number of hydrogen-bond acceptors (Lipinski definition) is 5. The van der Waals surface area contributed by atoms with E-state index >= 15 is 0 Å². The van der Waals surface area contributed by atoms with Gasteiger partial charge in [-0.1, -0.05) is 13.8 Å². The Kier molecular flexibility index (Phi) is 6.04. The third kappa shape index (κ3) is 6.35. The zero-order valence-electron chi connectivity index (χ0n) is 15.0. The summed E-state index contributed by atoms with van der Waals surface area (Å²) in [6, 6.07) is -0.521. The Labute approximate surface area is 137 Å². The minimum absolute atomic E-state index is 0.233. The Morgan fingerprint density at radius 2 is 1.83 bits per heavy atom. The zero-order chi connectivity index (χ0) is 18.0. The van der Waals surface area contributed by atoms with Gasteiger partial charge in [-0.25, -0.2) is 9.59 Å². The number of nitrogens with one attached hydrogen (secondary N) is 1. The largest absolute Gasteiger partial charge is 0.479 e.